The number of fused-ring (bicyclic) bond motifs is 1. The Hall–Kier alpha value is -4.13. The molecule has 7 nitrogen and oxygen atoms in total. The van der Waals surface area contributed by atoms with E-state index < -0.39 is 0 Å². The molecule has 2 N–H and O–H groups in total. The Morgan fingerprint density at radius 3 is 2.46 bits per heavy atom. The van der Waals surface area contributed by atoms with Crippen molar-refractivity contribution in [2.45, 2.75) is 32.6 Å². The number of carbonyl (C=O) groups is 2. The third kappa shape index (κ3) is 4.89. The van der Waals surface area contributed by atoms with Crippen LogP contribution in [0.4, 0.5) is 5.82 Å². The number of aromatic nitrogens is 3. The number of benzene rings is 2. The zero-order valence-corrected chi connectivity index (χ0v) is 20.4. The van der Waals surface area contributed by atoms with Crippen molar-refractivity contribution in [3.8, 4) is 11.3 Å². The Kier molecular flexibility index (Phi) is 6.87. The lowest BCUT2D eigenvalue weighted by molar-refractivity contribution is 0.0963. The van der Waals surface area contributed by atoms with Gasteiger partial charge in [-0.3, -0.25) is 14.6 Å². The third-order valence-electron chi connectivity index (χ3n) is 6.59. The largest absolute Gasteiger partial charge is 0.369 e. The average molecular weight is 468 g/mol. The summed E-state index contributed by atoms with van der Waals surface area (Å²) in [7, 11) is 1.63. The van der Waals surface area contributed by atoms with Crippen molar-refractivity contribution in [1.29, 1.82) is 0 Å². The van der Waals surface area contributed by atoms with Crippen LogP contribution in [0.5, 0.6) is 0 Å². The molecule has 1 atom stereocenters. The molecule has 35 heavy (non-hydrogen) atoms. The van der Waals surface area contributed by atoms with Crippen molar-refractivity contribution < 1.29 is 9.59 Å². The van der Waals surface area contributed by atoms with Crippen molar-refractivity contribution in [2.24, 2.45) is 0 Å². The van der Waals surface area contributed by atoms with E-state index in [2.05, 4.69) is 45.5 Å². The third-order valence-corrected chi connectivity index (χ3v) is 6.59. The summed E-state index contributed by atoms with van der Waals surface area (Å²) < 4.78 is 0. The molecule has 2 aromatic carbocycles. The minimum Gasteiger partial charge on any atom is -0.369 e. The van der Waals surface area contributed by atoms with Gasteiger partial charge in [0.15, 0.2) is 5.78 Å². The van der Waals surface area contributed by atoms with Gasteiger partial charge in [0.2, 0.25) is 0 Å². The highest BCUT2D eigenvalue weighted by molar-refractivity contribution is 6.06. The second-order valence-electron chi connectivity index (χ2n) is 8.83. The number of carbonyl (C=O) groups excluding carboxylic acids is 2. The Balaban J connectivity index is 1.62. The molecule has 4 rings (SSSR count). The predicted molar refractivity (Wildman–Crippen MR) is 139 cm³/mol. The van der Waals surface area contributed by atoms with Gasteiger partial charge in [0, 0.05) is 47.8 Å². The number of para-hydroxylation sites is 1. The molecule has 0 aliphatic heterocycles. The van der Waals surface area contributed by atoms with E-state index in [1.54, 1.807) is 26.2 Å². The number of nitrogens with one attached hydrogen (secondary N) is 2. The first-order valence-corrected chi connectivity index (χ1v) is 11.6. The van der Waals surface area contributed by atoms with Gasteiger partial charge >= 0.3 is 0 Å². The molecule has 0 aliphatic carbocycles. The number of ketones is 1. The molecule has 0 unspecified atom stereocenters. The van der Waals surface area contributed by atoms with Crippen molar-refractivity contribution in [3.05, 3.63) is 83.8 Å². The van der Waals surface area contributed by atoms with Crippen LogP contribution in [-0.4, -0.2) is 40.2 Å². The fraction of sp³-hybridized carbons (Fsp3) is 0.250. The van der Waals surface area contributed by atoms with E-state index in [0.29, 0.717) is 23.5 Å². The second-order valence-corrected chi connectivity index (χ2v) is 8.83. The van der Waals surface area contributed by atoms with E-state index in [1.807, 2.05) is 42.5 Å². The quantitative estimate of drug-likeness (QED) is 0.353. The first kappa shape index (κ1) is 24.0. The van der Waals surface area contributed by atoms with Gasteiger partial charge in [0.05, 0.1) is 16.8 Å². The number of nitrogens with zero attached hydrogens (tertiary/aromatic N) is 3. The highest BCUT2D eigenvalue weighted by Crippen LogP contribution is 2.34. The van der Waals surface area contributed by atoms with Gasteiger partial charge in [-0.15, -0.1) is 0 Å². The number of amides is 1. The summed E-state index contributed by atoms with van der Waals surface area (Å²) >= 11 is 0. The lowest BCUT2D eigenvalue weighted by Crippen LogP contribution is -2.31. The van der Waals surface area contributed by atoms with Gasteiger partial charge in [0.25, 0.3) is 5.91 Å². The summed E-state index contributed by atoms with van der Waals surface area (Å²) in [5.41, 5.74) is 4.61. The van der Waals surface area contributed by atoms with E-state index in [1.165, 1.54) is 6.33 Å². The SMILES string of the molecule is CC[C@](C)(CNc1cc(-c2ccc(C(C)=O)cc2)ncn1)c1cccc2c(C(=O)NC)ccnc12. The fourth-order valence-corrected chi connectivity index (χ4v) is 4.18. The van der Waals surface area contributed by atoms with Gasteiger partial charge in [0.1, 0.15) is 12.1 Å². The Labute approximate surface area is 205 Å². The normalized spacial score (nSPS) is 12.7. The summed E-state index contributed by atoms with van der Waals surface area (Å²) in [6, 6.07) is 17.1. The molecular weight excluding hydrogens is 438 g/mol. The summed E-state index contributed by atoms with van der Waals surface area (Å²) in [5, 5.41) is 7.02. The van der Waals surface area contributed by atoms with E-state index in [4.69, 9.17) is 0 Å². The zero-order valence-electron chi connectivity index (χ0n) is 20.4. The highest BCUT2D eigenvalue weighted by atomic mass is 16.1. The molecular formula is C28H29N5O2. The molecule has 2 aromatic heterocycles. The molecule has 0 fully saturated rings. The molecule has 178 valence electrons. The van der Waals surface area contributed by atoms with E-state index in [-0.39, 0.29) is 17.1 Å². The smallest absolute Gasteiger partial charge is 0.251 e. The number of Topliss-reactive ketones (excluding diaryl/α,β-unsaturated/α-hetero) is 1. The van der Waals surface area contributed by atoms with Crippen molar-refractivity contribution in [2.75, 3.05) is 18.9 Å². The Morgan fingerprint density at radius 1 is 1.00 bits per heavy atom. The molecule has 0 spiro atoms. The molecule has 7 heteroatoms. The van der Waals surface area contributed by atoms with Gasteiger partial charge in [-0.2, -0.15) is 0 Å². The minimum atomic E-state index is -0.262. The molecule has 0 radical (unpaired) electrons. The highest BCUT2D eigenvalue weighted by Gasteiger charge is 2.28. The monoisotopic (exact) mass is 467 g/mol. The van der Waals surface area contributed by atoms with Crippen LogP contribution in [0.3, 0.4) is 0 Å². The van der Waals surface area contributed by atoms with Crippen molar-refractivity contribution in [1.82, 2.24) is 20.3 Å². The summed E-state index contributed by atoms with van der Waals surface area (Å²) in [6.07, 6.45) is 4.08. The number of hydrogen-bond donors (Lipinski definition) is 2. The van der Waals surface area contributed by atoms with Crippen LogP contribution in [0.1, 0.15) is 53.5 Å². The van der Waals surface area contributed by atoms with Crippen molar-refractivity contribution in [3.63, 3.8) is 0 Å². The number of hydrogen-bond acceptors (Lipinski definition) is 6. The second kappa shape index (κ2) is 10.0. The molecule has 4 aromatic rings. The van der Waals surface area contributed by atoms with Gasteiger partial charge in [-0.05, 0) is 25.0 Å². The molecule has 0 bridgehead atoms. The number of anilines is 1. The number of rotatable bonds is 8. The summed E-state index contributed by atoms with van der Waals surface area (Å²) in [6.45, 7) is 6.50. The standard InChI is InChI=1S/C28H29N5O2/c1-5-28(3,23-8-6-7-21-22(27(35)29-4)13-14-30-26(21)23)16-31-25-15-24(32-17-33-25)20-11-9-19(10-12-20)18(2)34/h6-15,17H,5,16H2,1-4H3,(H,29,35)(H,31,32,33)/t28-/m1/s1. The van der Waals surface area contributed by atoms with Crippen LogP contribution < -0.4 is 10.6 Å². The van der Waals surface area contributed by atoms with E-state index in [9.17, 15) is 9.59 Å². The maximum atomic E-state index is 12.4. The van der Waals surface area contributed by atoms with Crippen LogP contribution in [0.15, 0.2) is 67.1 Å². The Bertz CT molecular complexity index is 1380. The van der Waals surface area contributed by atoms with Crippen LogP contribution in [0, 0.1) is 0 Å². The van der Waals surface area contributed by atoms with Crippen LogP contribution in [0.2, 0.25) is 0 Å². The summed E-state index contributed by atoms with van der Waals surface area (Å²) in [5.74, 6) is 0.617. The molecule has 2 heterocycles. The Morgan fingerprint density at radius 2 is 1.77 bits per heavy atom. The predicted octanol–water partition coefficient (Wildman–Crippen LogP) is 5.03. The van der Waals surface area contributed by atoms with Crippen LogP contribution in [0.25, 0.3) is 22.2 Å². The van der Waals surface area contributed by atoms with Crippen molar-refractivity contribution >= 4 is 28.4 Å². The van der Waals surface area contributed by atoms with Gasteiger partial charge < -0.3 is 10.6 Å². The van der Waals surface area contributed by atoms with Crippen LogP contribution >= 0.6 is 0 Å². The number of pyridine rings is 1. The molecule has 0 saturated heterocycles. The maximum absolute atomic E-state index is 12.4. The fourth-order valence-electron chi connectivity index (χ4n) is 4.18. The topological polar surface area (TPSA) is 96.9 Å². The molecule has 0 saturated carbocycles. The first-order chi connectivity index (χ1) is 16.9. The van der Waals surface area contributed by atoms with Gasteiger partial charge in [-0.25, -0.2) is 9.97 Å². The van der Waals surface area contributed by atoms with E-state index in [0.717, 1.165) is 34.1 Å². The summed E-state index contributed by atoms with van der Waals surface area (Å²) in [4.78, 5) is 37.4. The van der Waals surface area contributed by atoms with E-state index >= 15 is 0 Å². The minimum absolute atomic E-state index is 0.0332. The maximum Gasteiger partial charge on any atom is 0.251 e. The first-order valence-electron chi connectivity index (χ1n) is 11.6. The zero-order chi connectivity index (χ0) is 25.0. The lowest BCUT2D eigenvalue weighted by atomic mass is 9.78. The lowest BCUT2D eigenvalue weighted by Gasteiger charge is -2.30. The van der Waals surface area contributed by atoms with Gasteiger partial charge in [-0.1, -0.05) is 56.3 Å². The average Bonchev–Trinajstić information content (AvgIpc) is 2.90. The molecule has 1 amide bonds. The van der Waals surface area contributed by atoms with Crippen LogP contribution in [-0.2, 0) is 5.41 Å². The molecule has 0 aliphatic rings.